The van der Waals surface area contributed by atoms with E-state index < -0.39 is 134 Å². The Balaban J connectivity index is 4.43. The number of amides is 10. The summed E-state index contributed by atoms with van der Waals surface area (Å²) >= 11 is 0. The molecule has 6 atom stereocenters. The molecule has 0 aromatic carbocycles. The van der Waals surface area contributed by atoms with Crippen LogP contribution < -0.4 is 58.9 Å². The summed E-state index contributed by atoms with van der Waals surface area (Å²) in [6.45, 7) is 5.23. The van der Waals surface area contributed by atoms with Gasteiger partial charge in [0.2, 0.25) is 59.1 Å². The van der Waals surface area contributed by atoms with Crippen LogP contribution in [0.25, 0.3) is 0 Å². The third-order valence-electron chi connectivity index (χ3n) is 6.36. The van der Waals surface area contributed by atoms with Gasteiger partial charge in [-0.15, -0.1) is 0 Å². The number of carboxylic acids is 1. The highest BCUT2D eigenvalue weighted by atomic mass is 16.4. The smallest absolute Gasteiger partial charge is 0.325 e. The highest BCUT2D eigenvalue weighted by Gasteiger charge is 2.22. The van der Waals surface area contributed by atoms with Gasteiger partial charge in [-0.3, -0.25) is 52.7 Å². The van der Waals surface area contributed by atoms with E-state index in [9.17, 15) is 52.7 Å². The third-order valence-corrected chi connectivity index (χ3v) is 6.36. The van der Waals surface area contributed by atoms with Gasteiger partial charge >= 0.3 is 5.97 Å². The molecule has 51 heavy (non-hydrogen) atoms. The van der Waals surface area contributed by atoms with Crippen LogP contribution in [0, 0.1) is 0 Å². The molecule has 0 aromatic rings. The van der Waals surface area contributed by atoms with Gasteiger partial charge < -0.3 is 64.0 Å². The monoisotopic (exact) mass is 729 g/mol. The molecule has 0 saturated heterocycles. The maximum absolute atomic E-state index is 12.3. The number of carboxylic acid groups (broad SMARTS) is 1. The number of carbonyl (C=O) groups excluding carboxylic acids is 10. The van der Waals surface area contributed by atoms with Crippen LogP contribution in [0.5, 0.6) is 0 Å². The van der Waals surface area contributed by atoms with E-state index in [1.165, 1.54) is 41.5 Å². The zero-order valence-corrected chi connectivity index (χ0v) is 29.0. The fourth-order valence-corrected chi connectivity index (χ4v) is 3.40. The highest BCUT2D eigenvalue weighted by Crippen LogP contribution is 1.88. The summed E-state index contributed by atoms with van der Waals surface area (Å²) in [5.74, 6) is -8.64. The van der Waals surface area contributed by atoms with Crippen molar-refractivity contribution < 1.29 is 57.8 Å². The van der Waals surface area contributed by atoms with E-state index >= 15 is 0 Å². The Hall–Kier alpha value is -5.87. The van der Waals surface area contributed by atoms with E-state index in [0.717, 1.165) is 0 Å². The summed E-state index contributed by atoms with van der Waals surface area (Å²) in [6, 6.07) is -6.48. The second kappa shape index (κ2) is 22.7. The van der Waals surface area contributed by atoms with E-state index in [4.69, 9.17) is 10.8 Å². The van der Waals surface area contributed by atoms with Gasteiger partial charge in [0.15, 0.2) is 0 Å². The third kappa shape index (κ3) is 19.7. The average Bonchev–Trinajstić information content (AvgIpc) is 3.05. The van der Waals surface area contributed by atoms with Crippen LogP contribution in [0.2, 0.25) is 0 Å². The molecule has 286 valence electrons. The molecule has 0 saturated carbocycles. The molecule has 10 amide bonds. The molecule has 0 aromatic heterocycles. The van der Waals surface area contributed by atoms with E-state index in [-0.39, 0.29) is 0 Å². The van der Waals surface area contributed by atoms with Crippen LogP contribution in [0.1, 0.15) is 41.5 Å². The molecule has 0 unspecified atom stereocenters. The SMILES string of the molecule is C[C@H](N)C(=O)NCC(=O)N[C@@H](C)C(=O)NCC(=O)N[C@@H](C)C(=O)NCC(=O)N[C@@H](C)C(=O)NCC(=O)N[C@@H](C)C(=O)NCC(=O)N[C@@H](C)C(=O)O. The summed E-state index contributed by atoms with van der Waals surface area (Å²) in [5, 5.41) is 31.4. The summed E-state index contributed by atoms with van der Waals surface area (Å²) < 4.78 is 0. The van der Waals surface area contributed by atoms with Crippen LogP contribution in [-0.4, -0.2) is 139 Å². The van der Waals surface area contributed by atoms with E-state index in [1.807, 2.05) is 0 Å². The lowest BCUT2D eigenvalue weighted by molar-refractivity contribution is -0.141. The molecular weight excluding hydrogens is 682 g/mol. The molecule has 23 heteroatoms. The van der Waals surface area contributed by atoms with Crippen LogP contribution in [0.4, 0.5) is 0 Å². The number of rotatable bonds is 21. The van der Waals surface area contributed by atoms with Gasteiger partial charge in [-0.1, -0.05) is 0 Å². The molecule has 0 rings (SSSR count). The normalized spacial score (nSPS) is 13.9. The Kier molecular flexibility index (Phi) is 20.1. The maximum Gasteiger partial charge on any atom is 0.325 e. The largest absolute Gasteiger partial charge is 0.480 e. The molecule has 0 bridgehead atoms. The predicted octanol–water partition coefficient (Wildman–Crippen LogP) is -7.48. The second-order valence-corrected chi connectivity index (χ2v) is 11.2. The summed E-state index contributed by atoms with van der Waals surface area (Å²) in [7, 11) is 0. The van der Waals surface area contributed by atoms with Crippen LogP contribution in [0.3, 0.4) is 0 Å². The first-order valence-electron chi connectivity index (χ1n) is 15.5. The lowest BCUT2D eigenvalue weighted by Crippen LogP contribution is -2.53. The lowest BCUT2D eigenvalue weighted by Gasteiger charge is -2.18. The minimum absolute atomic E-state index is 0.414. The highest BCUT2D eigenvalue weighted by molar-refractivity contribution is 5.96. The van der Waals surface area contributed by atoms with Crippen molar-refractivity contribution in [2.75, 3.05) is 32.7 Å². The molecular formula is C28H47N11O12. The molecule has 13 N–H and O–H groups in total. The van der Waals surface area contributed by atoms with Gasteiger partial charge in [0, 0.05) is 0 Å². The summed E-state index contributed by atoms with van der Waals surface area (Å²) in [5.41, 5.74) is 5.37. The molecule has 0 aliphatic heterocycles. The zero-order valence-electron chi connectivity index (χ0n) is 29.0. The van der Waals surface area contributed by atoms with Crippen molar-refractivity contribution in [1.82, 2.24) is 53.2 Å². The minimum Gasteiger partial charge on any atom is -0.480 e. The lowest BCUT2D eigenvalue weighted by atomic mass is 10.2. The minimum atomic E-state index is -1.27. The van der Waals surface area contributed by atoms with Crippen molar-refractivity contribution >= 4 is 65.0 Å². The Morgan fingerprint density at radius 2 is 0.588 bits per heavy atom. The first-order chi connectivity index (χ1) is 23.6. The van der Waals surface area contributed by atoms with Crippen LogP contribution in [0.15, 0.2) is 0 Å². The number of hydrogen-bond donors (Lipinski definition) is 12. The summed E-state index contributed by atoms with van der Waals surface area (Å²) in [6.07, 6.45) is 0. The zero-order chi connectivity index (χ0) is 39.4. The van der Waals surface area contributed by atoms with Crippen molar-refractivity contribution in [1.29, 1.82) is 0 Å². The van der Waals surface area contributed by atoms with Gasteiger partial charge in [0.1, 0.15) is 30.2 Å². The van der Waals surface area contributed by atoms with E-state index in [2.05, 4.69) is 53.2 Å². The number of hydrogen-bond acceptors (Lipinski definition) is 12. The molecule has 0 radical (unpaired) electrons. The summed E-state index contributed by atoms with van der Waals surface area (Å²) in [4.78, 5) is 131. The number of carbonyl (C=O) groups is 11. The first kappa shape index (κ1) is 45.1. The quantitative estimate of drug-likeness (QED) is 0.0523. The molecule has 23 nitrogen and oxygen atoms in total. The Labute approximate surface area is 292 Å². The molecule has 0 spiro atoms. The van der Waals surface area contributed by atoms with E-state index in [1.54, 1.807) is 0 Å². The predicted molar refractivity (Wildman–Crippen MR) is 174 cm³/mol. The van der Waals surface area contributed by atoms with Gasteiger partial charge in [0.25, 0.3) is 0 Å². The van der Waals surface area contributed by atoms with Crippen molar-refractivity contribution in [3.8, 4) is 0 Å². The van der Waals surface area contributed by atoms with Crippen LogP contribution in [-0.2, 0) is 52.7 Å². The second-order valence-electron chi connectivity index (χ2n) is 11.2. The van der Waals surface area contributed by atoms with Crippen LogP contribution >= 0.6 is 0 Å². The number of nitrogens with one attached hydrogen (secondary N) is 10. The topological polar surface area (TPSA) is 354 Å². The van der Waals surface area contributed by atoms with Crippen molar-refractivity contribution in [3.05, 3.63) is 0 Å². The van der Waals surface area contributed by atoms with Crippen molar-refractivity contribution in [2.24, 2.45) is 5.73 Å². The molecule has 0 aliphatic rings. The Morgan fingerprint density at radius 3 is 0.784 bits per heavy atom. The fourth-order valence-electron chi connectivity index (χ4n) is 3.40. The molecule has 0 heterocycles. The standard InChI is InChI=1S/C28H47N11O12/c1-12(29)23(45)30-7-18(40)35-13(2)24(46)31-8-19(41)36-14(3)25(47)32-9-20(42)37-15(4)26(48)33-10-21(43)38-16(5)27(49)34-11-22(44)39-17(6)28(50)51/h12-17H,7-11,29H2,1-6H3,(H,30,45)(H,31,46)(H,32,47)(H,33,48)(H,34,49)(H,35,40)(H,36,41)(H,37,42)(H,38,43)(H,39,44)(H,50,51)/t12-,13-,14-,15-,16-,17-/m0/s1. The molecule has 0 fully saturated rings. The van der Waals surface area contributed by atoms with Crippen molar-refractivity contribution in [3.63, 3.8) is 0 Å². The van der Waals surface area contributed by atoms with Gasteiger partial charge in [-0.05, 0) is 41.5 Å². The Morgan fingerprint density at radius 1 is 0.392 bits per heavy atom. The van der Waals surface area contributed by atoms with Crippen molar-refractivity contribution in [2.45, 2.75) is 77.8 Å². The first-order valence-corrected chi connectivity index (χ1v) is 15.5. The number of aliphatic carboxylic acids is 1. The molecule has 0 aliphatic carbocycles. The van der Waals surface area contributed by atoms with Gasteiger partial charge in [0.05, 0.1) is 38.8 Å². The van der Waals surface area contributed by atoms with Gasteiger partial charge in [-0.2, -0.15) is 0 Å². The van der Waals surface area contributed by atoms with E-state index in [0.29, 0.717) is 0 Å². The maximum atomic E-state index is 12.3. The van der Waals surface area contributed by atoms with Gasteiger partial charge in [-0.25, -0.2) is 0 Å². The Bertz CT molecular complexity index is 1340. The fraction of sp³-hybridized carbons (Fsp3) is 0.607. The number of nitrogens with two attached hydrogens (primary N) is 1. The average molecular weight is 730 g/mol.